The number of benzene rings is 3. The Bertz CT molecular complexity index is 1170. The van der Waals surface area contributed by atoms with Crippen LogP contribution >= 0.6 is 0 Å². The minimum Gasteiger partial charge on any atom is -0.457 e. The molecule has 130 valence electrons. The van der Waals surface area contributed by atoms with Crippen molar-refractivity contribution in [1.29, 1.82) is 0 Å². The lowest BCUT2D eigenvalue weighted by molar-refractivity contribution is 0.483. The molecular weight excluding hydrogens is 336 g/mol. The van der Waals surface area contributed by atoms with Gasteiger partial charge in [0, 0.05) is 17.3 Å². The van der Waals surface area contributed by atoms with Crippen LogP contribution in [0.4, 0.5) is 0 Å². The number of rotatable bonds is 4. The summed E-state index contributed by atoms with van der Waals surface area (Å²) in [4.78, 5) is 4.69. The second-order valence-electron chi connectivity index (χ2n) is 6.17. The molecule has 4 heteroatoms. The first-order valence-corrected chi connectivity index (χ1v) is 8.73. The number of oxazole rings is 1. The van der Waals surface area contributed by atoms with E-state index in [4.69, 9.17) is 9.15 Å². The Balaban J connectivity index is 1.55. The van der Waals surface area contributed by atoms with E-state index >= 15 is 0 Å². The van der Waals surface area contributed by atoms with Gasteiger partial charge in [0.2, 0.25) is 0 Å². The molecule has 0 bridgehead atoms. The van der Waals surface area contributed by atoms with Crippen LogP contribution in [0.1, 0.15) is 0 Å². The molecule has 2 aromatic heterocycles. The van der Waals surface area contributed by atoms with E-state index in [1.807, 2.05) is 83.4 Å². The molecule has 0 aliphatic rings. The minimum atomic E-state index is 0.577. The second-order valence-corrected chi connectivity index (χ2v) is 6.17. The van der Waals surface area contributed by atoms with Gasteiger partial charge < -0.3 is 9.15 Å². The summed E-state index contributed by atoms with van der Waals surface area (Å²) in [6, 6.07) is 27.9. The number of nitrogens with zero attached hydrogens (tertiary/aromatic N) is 2. The maximum Gasteiger partial charge on any atom is 0.306 e. The van der Waals surface area contributed by atoms with Crippen molar-refractivity contribution >= 4 is 5.84 Å². The highest BCUT2D eigenvalue weighted by molar-refractivity contribution is 5.81. The van der Waals surface area contributed by atoms with Crippen molar-refractivity contribution in [3.8, 4) is 34.0 Å². The number of imidazole rings is 1. The van der Waals surface area contributed by atoms with Gasteiger partial charge in [0.25, 0.3) is 0 Å². The zero-order valence-electron chi connectivity index (χ0n) is 14.4. The lowest BCUT2D eigenvalue weighted by Crippen LogP contribution is -1.88. The number of hydrogen-bond acceptors (Lipinski definition) is 3. The van der Waals surface area contributed by atoms with E-state index in [0.717, 1.165) is 34.0 Å². The fraction of sp³-hybridized carbons (Fsp3) is 0. The predicted molar refractivity (Wildman–Crippen MR) is 105 cm³/mol. The molecule has 0 fully saturated rings. The Hall–Kier alpha value is -3.79. The standard InChI is InChI=1S/C23H16N2O2/c1-3-7-18(8-4-1)22-21(24-23-25(22)15-16-26-23)17-11-13-20(14-12-17)27-19-9-5-2-6-10-19/h1-16H. The number of ether oxygens (including phenoxy) is 1. The molecule has 0 saturated heterocycles. The number of aromatic nitrogens is 2. The van der Waals surface area contributed by atoms with Gasteiger partial charge in [0.05, 0.1) is 5.69 Å². The predicted octanol–water partition coefficient (Wildman–Crippen LogP) is 6.05. The van der Waals surface area contributed by atoms with Gasteiger partial charge in [-0.15, -0.1) is 0 Å². The lowest BCUT2D eigenvalue weighted by atomic mass is 10.0. The zero-order valence-corrected chi connectivity index (χ0v) is 14.4. The molecule has 0 unspecified atom stereocenters. The Morgan fingerprint density at radius 1 is 0.704 bits per heavy atom. The summed E-state index contributed by atoms with van der Waals surface area (Å²) < 4.78 is 13.4. The van der Waals surface area contributed by atoms with E-state index in [0.29, 0.717) is 5.84 Å². The van der Waals surface area contributed by atoms with Crippen LogP contribution in [0.25, 0.3) is 28.4 Å². The lowest BCUT2D eigenvalue weighted by Gasteiger charge is -2.07. The van der Waals surface area contributed by atoms with Gasteiger partial charge in [-0.3, -0.25) is 4.40 Å². The van der Waals surface area contributed by atoms with Crippen molar-refractivity contribution in [2.75, 3.05) is 0 Å². The van der Waals surface area contributed by atoms with Gasteiger partial charge in [-0.2, -0.15) is 4.98 Å². The Morgan fingerprint density at radius 2 is 1.37 bits per heavy atom. The van der Waals surface area contributed by atoms with Crippen molar-refractivity contribution in [3.05, 3.63) is 97.4 Å². The van der Waals surface area contributed by atoms with Gasteiger partial charge in [-0.1, -0.05) is 48.5 Å². The molecule has 0 spiro atoms. The van der Waals surface area contributed by atoms with Crippen molar-refractivity contribution in [2.45, 2.75) is 0 Å². The fourth-order valence-corrected chi connectivity index (χ4v) is 3.16. The summed E-state index contributed by atoms with van der Waals surface area (Å²) in [5, 5.41) is 0. The summed E-state index contributed by atoms with van der Waals surface area (Å²) in [6.07, 6.45) is 3.54. The average Bonchev–Trinajstić information content (AvgIpc) is 3.31. The van der Waals surface area contributed by atoms with Gasteiger partial charge in [-0.25, -0.2) is 0 Å². The van der Waals surface area contributed by atoms with E-state index in [9.17, 15) is 0 Å². The highest BCUT2D eigenvalue weighted by atomic mass is 16.5. The van der Waals surface area contributed by atoms with Crippen LogP contribution in [0.15, 0.2) is 102 Å². The van der Waals surface area contributed by atoms with Crippen LogP contribution in [-0.4, -0.2) is 9.38 Å². The fourth-order valence-electron chi connectivity index (χ4n) is 3.16. The highest BCUT2D eigenvalue weighted by Gasteiger charge is 2.17. The van der Waals surface area contributed by atoms with Crippen molar-refractivity contribution in [3.63, 3.8) is 0 Å². The maximum atomic E-state index is 5.88. The largest absolute Gasteiger partial charge is 0.457 e. The third-order valence-electron chi connectivity index (χ3n) is 4.42. The molecular formula is C23H16N2O2. The molecule has 0 aliphatic heterocycles. The molecule has 4 nitrogen and oxygen atoms in total. The molecule has 0 saturated carbocycles. The zero-order chi connectivity index (χ0) is 18.1. The van der Waals surface area contributed by atoms with Crippen LogP contribution in [-0.2, 0) is 0 Å². The van der Waals surface area contributed by atoms with Crippen LogP contribution in [0.5, 0.6) is 11.5 Å². The molecule has 0 aliphatic carbocycles. The van der Waals surface area contributed by atoms with Crippen molar-refractivity contribution < 1.29 is 9.15 Å². The quantitative estimate of drug-likeness (QED) is 0.395. The monoisotopic (exact) mass is 352 g/mol. The van der Waals surface area contributed by atoms with Crippen LogP contribution in [0.2, 0.25) is 0 Å². The van der Waals surface area contributed by atoms with E-state index in [1.54, 1.807) is 6.26 Å². The molecule has 5 aromatic rings. The molecule has 5 rings (SSSR count). The van der Waals surface area contributed by atoms with Crippen molar-refractivity contribution in [2.24, 2.45) is 0 Å². The van der Waals surface area contributed by atoms with Crippen LogP contribution in [0.3, 0.4) is 0 Å². The third kappa shape index (κ3) is 2.87. The highest BCUT2D eigenvalue weighted by Crippen LogP contribution is 2.34. The average molecular weight is 352 g/mol. The van der Waals surface area contributed by atoms with E-state index < -0.39 is 0 Å². The maximum absolute atomic E-state index is 5.88. The van der Waals surface area contributed by atoms with Gasteiger partial charge >= 0.3 is 5.84 Å². The molecule has 3 aromatic carbocycles. The van der Waals surface area contributed by atoms with E-state index in [1.165, 1.54) is 0 Å². The SMILES string of the molecule is c1ccc(Oc2ccc(-c3nc4occn4c3-c3ccccc3)cc2)cc1. The summed E-state index contributed by atoms with van der Waals surface area (Å²) in [5.41, 5.74) is 3.99. The molecule has 2 heterocycles. The molecule has 27 heavy (non-hydrogen) atoms. The minimum absolute atomic E-state index is 0.577. The summed E-state index contributed by atoms with van der Waals surface area (Å²) in [5.74, 6) is 2.18. The molecule has 0 amide bonds. The van der Waals surface area contributed by atoms with Gasteiger partial charge in [0.1, 0.15) is 23.5 Å². The number of fused-ring (bicyclic) bond motifs is 1. The molecule has 0 radical (unpaired) electrons. The number of para-hydroxylation sites is 1. The van der Waals surface area contributed by atoms with Crippen molar-refractivity contribution in [1.82, 2.24) is 9.38 Å². The molecule has 0 N–H and O–H groups in total. The third-order valence-corrected chi connectivity index (χ3v) is 4.42. The van der Waals surface area contributed by atoms with Gasteiger partial charge in [0.15, 0.2) is 0 Å². The first-order chi connectivity index (χ1) is 13.4. The Kier molecular flexibility index (Phi) is 3.72. The Labute approximate surface area is 156 Å². The van der Waals surface area contributed by atoms with E-state index in [-0.39, 0.29) is 0 Å². The second kappa shape index (κ2) is 6.50. The first-order valence-electron chi connectivity index (χ1n) is 8.73. The Morgan fingerprint density at radius 3 is 2.11 bits per heavy atom. The summed E-state index contributed by atoms with van der Waals surface area (Å²) in [6.45, 7) is 0. The van der Waals surface area contributed by atoms with Crippen LogP contribution in [0, 0.1) is 0 Å². The van der Waals surface area contributed by atoms with E-state index in [2.05, 4.69) is 17.1 Å². The smallest absolute Gasteiger partial charge is 0.306 e. The molecule has 0 atom stereocenters. The number of hydrogen-bond donors (Lipinski definition) is 0. The van der Waals surface area contributed by atoms with Gasteiger partial charge in [-0.05, 0) is 36.4 Å². The van der Waals surface area contributed by atoms with Crippen LogP contribution < -0.4 is 4.74 Å². The topological polar surface area (TPSA) is 39.7 Å². The summed E-state index contributed by atoms with van der Waals surface area (Å²) in [7, 11) is 0. The summed E-state index contributed by atoms with van der Waals surface area (Å²) >= 11 is 0. The first kappa shape index (κ1) is 15.5. The normalized spacial score (nSPS) is 11.0.